The van der Waals surface area contributed by atoms with Crippen LogP contribution in [0.5, 0.6) is 0 Å². The molecular weight excluding hydrogens is 310 g/mol. The number of rotatable bonds is 2. The monoisotopic (exact) mass is 325 g/mol. The minimum atomic E-state index is 0.0760. The van der Waals surface area contributed by atoms with E-state index in [-0.39, 0.29) is 5.43 Å². The number of aromatic nitrogens is 3. The Morgan fingerprint density at radius 1 is 0.800 bits per heavy atom. The molecule has 0 saturated heterocycles. The average Bonchev–Trinajstić information content (AvgIpc) is 3.08. The molecule has 0 amide bonds. The van der Waals surface area contributed by atoms with Crippen molar-refractivity contribution in [3.05, 3.63) is 88.8 Å². The molecule has 2 heterocycles. The fourth-order valence-electron chi connectivity index (χ4n) is 3.48. The van der Waals surface area contributed by atoms with E-state index in [1.54, 1.807) is 0 Å². The molecule has 5 rings (SSSR count). The van der Waals surface area contributed by atoms with Gasteiger partial charge in [-0.1, -0.05) is 36.4 Å². The highest BCUT2D eigenvalue weighted by Gasteiger charge is 2.12. The molecule has 0 aliphatic rings. The van der Waals surface area contributed by atoms with Crippen molar-refractivity contribution in [3.63, 3.8) is 0 Å². The summed E-state index contributed by atoms with van der Waals surface area (Å²) in [5.74, 6) is 0.875. The van der Waals surface area contributed by atoms with Crippen LogP contribution in [0.3, 0.4) is 0 Å². The van der Waals surface area contributed by atoms with Gasteiger partial charge in [0, 0.05) is 10.8 Å². The summed E-state index contributed by atoms with van der Waals surface area (Å²) in [6.45, 7) is 0.579. The van der Waals surface area contributed by atoms with Gasteiger partial charge in [-0.25, -0.2) is 4.98 Å². The Morgan fingerprint density at radius 2 is 1.40 bits per heavy atom. The molecule has 1 N–H and O–H groups in total. The smallest absolute Gasteiger partial charge is 0.197 e. The average molecular weight is 325 g/mol. The number of H-pyrrole nitrogens is 1. The van der Waals surface area contributed by atoms with Gasteiger partial charge in [-0.3, -0.25) is 4.79 Å². The first-order chi connectivity index (χ1) is 12.3. The third-order valence-electron chi connectivity index (χ3n) is 4.63. The Bertz CT molecular complexity index is 1200. The molecule has 0 spiro atoms. The Hall–Kier alpha value is -3.40. The third-order valence-corrected chi connectivity index (χ3v) is 4.63. The van der Waals surface area contributed by atoms with Gasteiger partial charge in [0.2, 0.25) is 0 Å². The number of pyridine rings is 1. The Morgan fingerprint density at radius 3 is 2.08 bits per heavy atom. The lowest BCUT2D eigenvalue weighted by Gasteiger charge is -2.13. The first kappa shape index (κ1) is 14.0. The zero-order valence-electron chi connectivity index (χ0n) is 13.4. The number of nitrogens with one attached hydrogen (secondary N) is 1. The van der Waals surface area contributed by atoms with E-state index >= 15 is 0 Å². The molecule has 120 valence electrons. The van der Waals surface area contributed by atoms with Crippen LogP contribution >= 0.6 is 0 Å². The summed E-state index contributed by atoms with van der Waals surface area (Å²) < 4.78 is 2.16. The van der Waals surface area contributed by atoms with E-state index in [1.165, 1.54) is 0 Å². The second-order valence-electron chi connectivity index (χ2n) is 6.15. The molecule has 0 bridgehead atoms. The van der Waals surface area contributed by atoms with E-state index < -0.39 is 0 Å². The lowest BCUT2D eigenvalue weighted by molar-refractivity contribution is 0.811. The molecule has 0 aliphatic carbocycles. The Labute approximate surface area is 143 Å². The summed E-state index contributed by atoms with van der Waals surface area (Å²) in [5.41, 5.74) is 3.89. The van der Waals surface area contributed by atoms with Crippen LogP contribution in [-0.2, 0) is 6.54 Å². The van der Waals surface area contributed by atoms with Gasteiger partial charge in [-0.15, -0.1) is 0 Å². The second-order valence-corrected chi connectivity index (χ2v) is 6.15. The molecule has 0 atom stereocenters. The zero-order valence-corrected chi connectivity index (χ0v) is 13.4. The summed E-state index contributed by atoms with van der Waals surface area (Å²) in [6, 6.07) is 23.5. The lowest BCUT2D eigenvalue weighted by Crippen LogP contribution is -2.12. The van der Waals surface area contributed by atoms with E-state index in [9.17, 15) is 4.79 Å². The largest absolute Gasteiger partial charge is 0.340 e. The normalized spacial score (nSPS) is 11.5. The second kappa shape index (κ2) is 5.31. The van der Waals surface area contributed by atoms with Crippen LogP contribution in [0.1, 0.15) is 5.82 Å². The van der Waals surface area contributed by atoms with Gasteiger partial charge in [0.1, 0.15) is 5.82 Å². The lowest BCUT2D eigenvalue weighted by atomic mass is 10.1. The topological polar surface area (TPSA) is 50.7 Å². The fourth-order valence-corrected chi connectivity index (χ4v) is 3.48. The van der Waals surface area contributed by atoms with Gasteiger partial charge in [0.25, 0.3) is 0 Å². The SMILES string of the molecule is O=c1c2ccccc2n(Cc2nc3ccccc3[nH]2)c2ccccc12. The molecule has 0 aliphatic heterocycles. The summed E-state index contributed by atoms with van der Waals surface area (Å²) in [4.78, 5) is 20.9. The van der Waals surface area contributed by atoms with Crippen molar-refractivity contribution in [1.82, 2.24) is 14.5 Å². The fraction of sp³-hybridized carbons (Fsp3) is 0.0476. The maximum Gasteiger partial charge on any atom is 0.197 e. The number of nitrogens with zero attached hydrogens (tertiary/aromatic N) is 2. The van der Waals surface area contributed by atoms with Gasteiger partial charge < -0.3 is 9.55 Å². The van der Waals surface area contributed by atoms with Crippen molar-refractivity contribution >= 4 is 32.8 Å². The van der Waals surface area contributed by atoms with Crippen LogP contribution in [-0.4, -0.2) is 14.5 Å². The predicted octanol–water partition coefficient (Wildman–Crippen LogP) is 4.08. The van der Waals surface area contributed by atoms with E-state index in [4.69, 9.17) is 0 Å². The molecule has 4 heteroatoms. The molecular formula is C21H15N3O. The Balaban J connectivity index is 1.81. The van der Waals surface area contributed by atoms with Gasteiger partial charge >= 0.3 is 0 Å². The molecule has 0 fully saturated rings. The molecule has 0 saturated carbocycles. The number of fused-ring (bicyclic) bond motifs is 3. The molecule has 2 aromatic heterocycles. The highest BCUT2D eigenvalue weighted by atomic mass is 16.1. The number of hydrogen-bond donors (Lipinski definition) is 1. The Kier molecular flexibility index (Phi) is 2.97. The number of imidazole rings is 1. The zero-order chi connectivity index (χ0) is 16.8. The standard InChI is InChI=1S/C21H15N3O/c25-21-14-7-1-5-11-18(14)24(19-12-6-2-8-15(19)21)13-20-22-16-9-3-4-10-17(16)23-20/h1-12H,13H2,(H,22,23). The molecule has 0 radical (unpaired) electrons. The van der Waals surface area contributed by atoms with E-state index in [0.29, 0.717) is 6.54 Å². The van der Waals surface area contributed by atoms with Crippen molar-refractivity contribution in [2.75, 3.05) is 0 Å². The van der Waals surface area contributed by atoms with Crippen LogP contribution in [0.2, 0.25) is 0 Å². The molecule has 5 aromatic rings. The van der Waals surface area contributed by atoms with Gasteiger partial charge in [0.15, 0.2) is 5.43 Å². The number of hydrogen-bond acceptors (Lipinski definition) is 2. The first-order valence-electron chi connectivity index (χ1n) is 8.25. The highest BCUT2D eigenvalue weighted by Crippen LogP contribution is 2.21. The van der Waals surface area contributed by atoms with Crippen LogP contribution in [0, 0.1) is 0 Å². The third kappa shape index (κ3) is 2.15. The van der Waals surface area contributed by atoms with Gasteiger partial charge in [0.05, 0.1) is 28.6 Å². The summed E-state index contributed by atoms with van der Waals surface area (Å²) >= 11 is 0. The van der Waals surface area contributed by atoms with Crippen molar-refractivity contribution in [1.29, 1.82) is 0 Å². The minimum absolute atomic E-state index is 0.0760. The van der Waals surface area contributed by atoms with E-state index in [2.05, 4.69) is 14.5 Å². The van der Waals surface area contributed by atoms with E-state index in [0.717, 1.165) is 38.7 Å². The van der Waals surface area contributed by atoms with Crippen molar-refractivity contribution in [2.24, 2.45) is 0 Å². The predicted molar refractivity (Wildman–Crippen MR) is 101 cm³/mol. The minimum Gasteiger partial charge on any atom is -0.340 e. The van der Waals surface area contributed by atoms with Crippen LogP contribution in [0.15, 0.2) is 77.6 Å². The van der Waals surface area contributed by atoms with Crippen molar-refractivity contribution in [3.8, 4) is 0 Å². The quantitative estimate of drug-likeness (QED) is 0.497. The van der Waals surface area contributed by atoms with Crippen LogP contribution in [0.25, 0.3) is 32.8 Å². The first-order valence-corrected chi connectivity index (χ1v) is 8.25. The van der Waals surface area contributed by atoms with Crippen molar-refractivity contribution < 1.29 is 0 Å². The summed E-state index contributed by atoms with van der Waals surface area (Å²) in [7, 11) is 0. The van der Waals surface area contributed by atoms with Gasteiger partial charge in [-0.2, -0.15) is 0 Å². The number of aromatic amines is 1. The van der Waals surface area contributed by atoms with Crippen LogP contribution in [0.4, 0.5) is 0 Å². The van der Waals surface area contributed by atoms with Crippen LogP contribution < -0.4 is 5.43 Å². The van der Waals surface area contributed by atoms with E-state index in [1.807, 2.05) is 72.8 Å². The number of para-hydroxylation sites is 4. The van der Waals surface area contributed by atoms with Crippen molar-refractivity contribution in [2.45, 2.75) is 6.54 Å². The molecule has 4 nitrogen and oxygen atoms in total. The highest BCUT2D eigenvalue weighted by molar-refractivity contribution is 5.93. The maximum absolute atomic E-state index is 12.8. The maximum atomic E-state index is 12.8. The summed E-state index contributed by atoms with van der Waals surface area (Å²) in [6.07, 6.45) is 0. The van der Waals surface area contributed by atoms with Gasteiger partial charge in [-0.05, 0) is 36.4 Å². The molecule has 3 aromatic carbocycles. The molecule has 25 heavy (non-hydrogen) atoms. The molecule has 0 unspecified atom stereocenters. The number of benzene rings is 3. The summed E-state index contributed by atoms with van der Waals surface area (Å²) in [5, 5.41) is 1.47.